The fourth-order valence-corrected chi connectivity index (χ4v) is 13.7. The van der Waals surface area contributed by atoms with Gasteiger partial charge in [0.1, 0.15) is 72.6 Å². The number of para-hydroxylation sites is 3. The zero-order chi connectivity index (χ0) is 95.3. The molecule has 3 heterocycles. The van der Waals surface area contributed by atoms with Gasteiger partial charge in [-0.3, -0.25) is 95.9 Å². The molecule has 1 saturated heterocycles. The number of aromatic nitrogens is 2. The standard InChI is InChI=1S/C83H111N19O27/c1-5-6-7-8-9-10-11-26-63(106)94-54(30-45-37-89-52-24-17-14-20-47(45)52)77(122)97-55(32-62(86)105)78(123)99-58(35-69(115)116)79(124)102-71-43(4)129-83(128)59(31-61(104)48-21-12-15-22-49(48)84)100-82(127)70(41(2)28-66(109)110)101-80(125)60(40-103)95-65(108)38-90-74(119)56(33-67(111)112)96-72(117)42(3)92-76(121)57(34-68(113)114)98-75(120)53(93-64(107)39-91-81(71)126)25-18-27-87-73(118)50(85)29-44-36-88-51-23-16-13-19-46(44)51/h12-17,19-24,36-37,41-43,50,53-60,70-71,88-89,103H,5-11,18,25-35,38-40,84-85H2,1-4H3,(H2,86,105)(H,87,118)(H,90,119)(H,91,126)(H,92,121)(H,93,107)(H,94,106)(H,95,108)(H,96,117)(H,97,122)(H,98,120)(H,99,123)(H,100,127)(H,101,125)(H,102,124)(H,109,110)(H,111,112)(H,113,114)(H,115,116)/t41-,42-,43?,50+,53+,54+,55+,56+,57?,58+,59+,60-,70?,71?/m1/s1. The van der Waals surface area contributed by atoms with Crippen LogP contribution in [0.1, 0.15) is 152 Å². The summed E-state index contributed by atoms with van der Waals surface area (Å²) in [6, 6.07) is -5.20. The fraction of sp³-hybridized carbons (Fsp3) is 0.482. The molecule has 129 heavy (non-hydrogen) atoms. The molecule has 4 unspecified atom stereocenters. The highest BCUT2D eigenvalue weighted by Crippen LogP contribution is 2.23. The number of aliphatic hydroxyl groups excluding tert-OH is 1. The van der Waals surface area contributed by atoms with Gasteiger partial charge in [-0.1, -0.05) is 101 Å². The number of aromatic amines is 2. The van der Waals surface area contributed by atoms with Crippen molar-refractivity contribution in [2.75, 3.05) is 32.0 Å². The van der Waals surface area contributed by atoms with E-state index in [1.165, 1.54) is 24.3 Å². The summed E-state index contributed by atoms with van der Waals surface area (Å²) in [6.45, 7) is 0.826. The molecule has 27 N–H and O–H groups in total. The van der Waals surface area contributed by atoms with Crippen LogP contribution in [0.3, 0.4) is 0 Å². The van der Waals surface area contributed by atoms with E-state index in [1.807, 2.05) is 16.0 Å². The Morgan fingerprint density at radius 1 is 0.504 bits per heavy atom. The van der Waals surface area contributed by atoms with E-state index in [2.05, 4.69) is 75.4 Å². The Labute approximate surface area is 737 Å². The Kier molecular flexibility index (Phi) is 41.0. The van der Waals surface area contributed by atoms with Crippen LogP contribution in [0.25, 0.3) is 21.8 Å². The molecule has 1 aliphatic heterocycles. The number of carboxylic acids is 4. The van der Waals surface area contributed by atoms with Crippen molar-refractivity contribution in [3.63, 3.8) is 0 Å². The van der Waals surface area contributed by atoms with Crippen LogP contribution in [0.4, 0.5) is 5.69 Å². The number of ether oxygens (including phenoxy) is 1. The van der Waals surface area contributed by atoms with E-state index in [9.17, 15) is 117 Å². The molecule has 0 saturated carbocycles. The van der Waals surface area contributed by atoms with Gasteiger partial charge in [-0.15, -0.1) is 0 Å². The summed E-state index contributed by atoms with van der Waals surface area (Å²) in [6.07, 6.45) is -1.33. The molecule has 0 radical (unpaired) electrons. The van der Waals surface area contributed by atoms with Gasteiger partial charge in [0.2, 0.25) is 88.6 Å². The number of ketones is 1. The normalized spacial score (nSPS) is 20.4. The van der Waals surface area contributed by atoms with Crippen molar-refractivity contribution in [1.29, 1.82) is 0 Å². The Bertz CT molecular complexity index is 4920. The maximum absolute atomic E-state index is 15.0. The number of amides is 15. The van der Waals surface area contributed by atoms with E-state index >= 15 is 9.59 Å². The number of hydrogen-bond acceptors (Lipinski definition) is 25. The first-order chi connectivity index (χ1) is 61.2. The number of nitrogens with one attached hydrogen (secondary N) is 16. The number of carbonyl (C=O) groups is 21. The molecule has 46 nitrogen and oxygen atoms in total. The average molecular weight is 1810 g/mol. The predicted octanol–water partition coefficient (Wildman–Crippen LogP) is -4.41. The number of esters is 1. The number of Topliss-reactive ketones (excluding diaryl/α,β-unsaturated/α-hetero) is 1. The van der Waals surface area contributed by atoms with Gasteiger partial charge >= 0.3 is 29.8 Å². The lowest BCUT2D eigenvalue weighted by molar-refractivity contribution is -0.156. The van der Waals surface area contributed by atoms with Gasteiger partial charge in [-0.2, -0.15) is 0 Å². The number of aliphatic carboxylic acids is 4. The third-order valence-corrected chi connectivity index (χ3v) is 20.6. The number of primary amides is 1. The van der Waals surface area contributed by atoms with E-state index in [0.717, 1.165) is 63.8 Å². The molecule has 0 aliphatic carbocycles. The highest BCUT2D eigenvalue weighted by molar-refractivity contribution is 6.05. The first-order valence-corrected chi connectivity index (χ1v) is 41.5. The number of nitrogen functional groups attached to an aromatic ring is 1. The van der Waals surface area contributed by atoms with Crippen molar-refractivity contribution in [3.8, 4) is 0 Å². The molecular formula is C83H111N19O27. The lowest BCUT2D eigenvalue weighted by Gasteiger charge is -2.30. The first-order valence-electron chi connectivity index (χ1n) is 41.5. The second-order valence-corrected chi connectivity index (χ2v) is 30.9. The molecule has 1 fully saturated rings. The topological polar surface area (TPSA) is 747 Å². The van der Waals surface area contributed by atoms with Crippen LogP contribution in [0.2, 0.25) is 0 Å². The van der Waals surface area contributed by atoms with Gasteiger partial charge in [0, 0.05) is 71.3 Å². The van der Waals surface area contributed by atoms with Crippen LogP contribution in [0.5, 0.6) is 0 Å². The lowest BCUT2D eigenvalue weighted by atomic mass is 9.96. The van der Waals surface area contributed by atoms with E-state index in [4.69, 9.17) is 21.9 Å². The molecule has 2 aromatic heterocycles. The monoisotopic (exact) mass is 1810 g/mol. The molecule has 1 aliphatic rings. The molecule has 14 atom stereocenters. The van der Waals surface area contributed by atoms with Crippen molar-refractivity contribution < 1.29 is 131 Å². The van der Waals surface area contributed by atoms with Crippen molar-refractivity contribution in [2.45, 2.75) is 222 Å². The molecule has 0 bridgehead atoms. The Morgan fingerprint density at radius 2 is 1.02 bits per heavy atom. The van der Waals surface area contributed by atoms with Gasteiger partial charge in [0.25, 0.3) is 0 Å². The maximum atomic E-state index is 15.0. The largest absolute Gasteiger partial charge is 0.481 e. The number of fused-ring (bicyclic) bond motifs is 2. The molecule has 700 valence electrons. The summed E-state index contributed by atoms with van der Waals surface area (Å²) >= 11 is 0. The summed E-state index contributed by atoms with van der Waals surface area (Å²) in [5, 5.41) is 82.8. The van der Waals surface area contributed by atoms with Gasteiger partial charge in [0.15, 0.2) is 5.78 Å². The number of unbranched alkanes of at least 4 members (excludes halogenated alkanes) is 6. The molecule has 3 aromatic carbocycles. The number of cyclic esters (lactones) is 1. The highest BCUT2D eigenvalue weighted by Gasteiger charge is 2.41. The molecule has 5 aromatic rings. The number of anilines is 1. The third kappa shape index (κ3) is 33.8. The minimum atomic E-state index is -2.51. The van der Waals surface area contributed by atoms with Gasteiger partial charge < -0.3 is 132 Å². The first kappa shape index (κ1) is 103. The van der Waals surface area contributed by atoms with Crippen LogP contribution in [-0.4, -0.2) is 265 Å². The van der Waals surface area contributed by atoms with Crippen LogP contribution in [0, 0.1) is 5.92 Å². The number of carbonyl (C=O) groups excluding carboxylic acids is 17. The van der Waals surface area contributed by atoms with Crippen LogP contribution in [-0.2, 0) is 113 Å². The number of benzene rings is 3. The van der Waals surface area contributed by atoms with Gasteiger partial charge in [-0.05, 0) is 80.8 Å². The van der Waals surface area contributed by atoms with E-state index in [1.54, 1.807) is 60.9 Å². The predicted molar refractivity (Wildman–Crippen MR) is 454 cm³/mol. The van der Waals surface area contributed by atoms with E-state index in [0.29, 0.717) is 34.9 Å². The average Bonchev–Trinajstić information content (AvgIpc) is 1.72. The number of hydrogen-bond donors (Lipinski definition) is 24. The summed E-state index contributed by atoms with van der Waals surface area (Å²) in [7, 11) is 0. The van der Waals surface area contributed by atoms with Crippen LogP contribution < -0.4 is 91.6 Å². The summed E-state index contributed by atoms with van der Waals surface area (Å²) in [4.78, 5) is 297. The van der Waals surface area contributed by atoms with E-state index < -0.39 is 273 Å². The fourth-order valence-electron chi connectivity index (χ4n) is 13.7. The molecule has 15 amide bonds. The Balaban J connectivity index is 1.43. The Morgan fingerprint density at radius 3 is 1.60 bits per heavy atom. The number of H-pyrrole nitrogens is 2. The maximum Gasteiger partial charge on any atom is 0.329 e. The molecule has 46 heteroatoms. The number of aliphatic hydroxyl groups is 1. The zero-order valence-corrected chi connectivity index (χ0v) is 71.2. The number of carboxylic acid groups (broad SMARTS) is 4. The minimum Gasteiger partial charge on any atom is -0.481 e. The second kappa shape index (κ2) is 51.2. The quantitative estimate of drug-likeness (QED) is 0.00764. The molecular weight excluding hydrogens is 1700 g/mol. The number of nitrogens with two attached hydrogens (primary N) is 3. The van der Waals surface area contributed by atoms with Crippen molar-refractivity contribution in [3.05, 3.63) is 102 Å². The summed E-state index contributed by atoms with van der Waals surface area (Å²) in [5.74, 6) is -31.0. The second-order valence-electron chi connectivity index (χ2n) is 30.9. The van der Waals surface area contributed by atoms with Crippen LogP contribution >= 0.6 is 0 Å². The highest BCUT2D eigenvalue weighted by atomic mass is 16.5. The summed E-state index contributed by atoms with van der Waals surface area (Å²) < 4.78 is 5.74. The SMILES string of the molecule is CCCCCCCCCC(=O)N[C@@H](Cc1c[nH]c2ccccc12)C(=O)N[C@@H](CC(N)=O)C(=O)N[C@@H](CC(=O)O)C(=O)NC1C(=O)NCC(=O)N[C@@H](CCCNC(=O)[C@@H](N)Cc2c[nH]c3ccccc23)C(=O)NC(CC(=O)O)C(=O)N[C@H](C)C(=O)N[C@@H](CC(=O)O)C(=O)NCC(=O)N[C@H](CO)C(=O)NC([C@H](C)CC(=O)O)C(=O)N[C@@H](CC(=O)c2ccccc2N)C(=O)OC1C. The van der Waals surface area contributed by atoms with Crippen LogP contribution in [0.15, 0.2) is 85.2 Å². The molecule has 0 spiro atoms. The van der Waals surface area contributed by atoms with Gasteiger partial charge in [-0.25, -0.2) is 4.79 Å². The van der Waals surface area contributed by atoms with Crippen molar-refractivity contribution in [2.24, 2.45) is 17.4 Å². The van der Waals surface area contributed by atoms with Crippen molar-refractivity contribution in [1.82, 2.24) is 84.4 Å². The minimum absolute atomic E-state index is 0.0221. The lowest BCUT2D eigenvalue weighted by Crippen LogP contribution is -2.62. The Hall–Kier alpha value is -14.5. The smallest absolute Gasteiger partial charge is 0.329 e. The third-order valence-electron chi connectivity index (χ3n) is 20.6. The van der Waals surface area contributed by atoms with E-state index in [-0.39, 0.29) is 43.5 Å². The number of rotatable bonds is 39. The van der Waals surface area contributed by atoms with Crippen molar-refractivity contribution >= 4 is 152 Å². The molecule has 6 rings (SSSR count). The van der Waals surface area contributed by atoms with Gasteiger partial charge in [0.05, 0.1) is 57.8 Å². The zero-order valence-electron chi connectivity index (χ0n) is 71.2. The summed E-state index contributed by atoms with van der Waals surface area (Å²) in [5.41, 5.74) is 20.1.